The number of aryl methyl sites for hydroxylation is 1. The van der Waals surface area contributed by atoms with Crippen molar-refractivity contribution in [2.24, 2.45) is 7.05 Å². The minimum Gasteiger partial charge on any atom is -0.399 e. The number of hydrogen-bond acceptors (Lipinski definition) is 3. The highest BCUT2D eigenvalue weighted by Gasteiger charge is 2.11. The van der Waals surface area contributed by atoms with Gasteiger partial charge in [0.1, 0.15) is 0 Å². The van der Waals surface area contributed by atoms with Crippen molar-refractivity contribution < 1.29 is 8.42 Å². The molecule has 86 valence electrons. The average Bonchev–Trinajstić information content (AvgIpc) is 2.40. The summed E-state index contributed by atoms with van der Waals surface area (Å²) >= 11 is 0. The maximum atomic E-state index is 11.3. The summed E-state index contributed by atoms with van der Waals surface area (Å²) in [6, 6.07) is 7.43. The fourth-order valence-electron chi connectivity index (χ4n) is 1.83. The molecule has 0 atom stereocenters. The fraction of sp³-hybridized carbons (Fsp3) is 0.273. The normalized spacial score (nSPS) is 12.1. The summed E-state index contributed by atoms with van der Waals surface area (Å²) in [5, 5.41) is 0.973. The number of nitrogens with two attached hydrogens (primary N) is 1. The summed E-state index contributed by atoms with van der Waals surface area (Å²) < 4.78 is 24.4. The third-order valence-corrected chi connectivity index (χ3v) is 3.40. The van der Waals surface area contributed by atoms with E-state index < -0.39 is 9.84 Å². The van der Waals surface area contributed by atoms with E-state index in [1.807, 2.05) is 35.9 Å². The molecule has 0 bridgehead atoms. The molecular formula is C11H14N2O2S. The van der Waals surface area contributed by atoms with Gasteiger partial charge in [-0.15, -0.1) is 0 Å². The van der Waals surface area contributed by atoms with Crippen molar-refractivity contribution in [3.05, 3.63) is 30.0 Å². The Labute approximate surface area is 94.6 Å². The van der Waals surface area contributed by atoms with Crippen LogP contribution in [0.3, 0.4) is 0 Å². The second-order valence-electron chi connectivity index (χ2n) is 4.08. The van der Waals surface area contributed by atoms with Gasteiger partial charge in [-0.05, 0) is 24.3 Å². The molecule has 1 aromatic heterocycles. The van der Waals surface area contributed by atoms with Gasteiger partial charge in [0.05, 0.1) is 5.75 Å². The van der Waals surface area contributed by atoms with Crippen LogP contribution in [0.2, 0.25) is 0 Å². The molecule has 2 rings (SSSR count). The van der Waals surface area contributed by atoms with Crippen molar-refractivity contribution in [3.63, 3.8) is 0 Å². The van der Waals surface area contributed by atoms with Crippen LogP contribution in [0.15, 0.2) is 24.3 Å². The van der Waals surface area contributed by atoms with Crippen LogP contribution in [0.25, 0.3) is 10.9 Å². The predicted molar refractivity (Wildman–Crippen MR) is 65.9 cm³/mol. The molecule has 2 N–H and O–H groups in total. The molecule has 0 radical (unpaired) electrons. The first kappa shape index (κ1) is 11.0. The van der Waals surface area contributed by atoms with E-state index in [0.29, 0.717) is 5.69 Å². The summed E-state index contributed by atoms with van der Waals surface area (Å²) in [6.45, 7) is 0. The van der Waals surface area contributed by atoms with Crippen molar-refractivity contribution in [2.75, 3.05) is 12.0 Å². The number of rotatable bonds is 2. The summed E-state index contributed by atoms with van der Waals surface area (Å²) in [7, 11) is -1.15. The van der Waals surface area contributed by atoms with Crippen molar-refractivity contribution in [2.45, 2.75) is 5.75 Å². The van der Waals surface area contributed by atoms with Crippen molar-refractivity contribution in [1.29, 1.82) is 0 Å². The monoisotopic (exact) mass is 238 g/mol. The van der Waals surface area contributed by atoms with E-state index in [2.05, 4.69) is 0 Å². The minimum absolute atomic E-state index is 0.0537. The zero-order valence-corrected chi connectivity index (χ0v) is 10.1. The molecule has 1 heterocycles. The Morgan fingerprint density at radius 2 is 2.00 bits per heavy atom. The van der Waals surface area contributed by atoms with Crippen molar-refractivity contribution in [1.82, 2.24) is 4.57 Å². The number of aromatic nitrogens is 1. The molecule has 0 spiro atoms. The van der Waals surface area contributed by atoms with Crippen LogP contribution >= 0.6 is 0 Å². The van der Waals surface area contributed by atoms with E-state index in [-0.39, 0.29) is 5.75 Å². The van der Waals surface area contributed by atoms with Gasteiger partial charge >= 0.3 is 0 Å². The number of fused-ring (bicyclic) bond motifs is 1. The predicted octanol–water partition coefficient (Wildman–Crippen LogP) is 1.31. The van der Waals surface area contributed by atoms with E-state index in [0.717, 1.165) is 16.6 Å². The lowest BCUT2D eigenvalue weighted by Gasteiger charge is -2.02. The number of benzene rings is 1. The second-order valence-corrected chi connectivity index (χ2v) is 6.22. The molecule has 1 aromatic carbocycles. The third kappa shape index (κ3) is 2.04. The zero-order chi connectivity index (χ0) is 11.9. The van der Waals surface area contributed by atoms with Crippen LogP contribution in [0.1, 0.15) is 5.69 Å². The first-order chi connectivity index (χ1) is 7.37. The lowest BCUT2D eigenvalue weighted by atomic mass is 10.2. The maximum absolute atomic E-state index is 11.3. The minimum atomic E-state index is -3.01. The van der Waals surface area contributed by atoms with Gasteiger partial charge < -0.3 is 10.3 Å². The second kappa shape index (κ2) is 3.52. The van der Waals surface area contributed by atoms with Crippen molar-refractivity contribution >= 4 is 26.4 Å². The average molecular weight is 238 g/mol. The topological polar surface area (TPSA) is 65.1 Å². The van der Waals surface area contributed by atoms with Gasteiger partial charge in [0.15, 0.2) is 9.84 Å². The molecule has 4 nitrogen and oxygen atoms in total. The number of hydrogen-bond donors (Lipinski definition) is 1. The molecule has 0 saturated carbocycles. The molecule has 0 aliphatic rings. The molecule has 5 heteroatoms. The van der Waals surface area contributed by atoms with E-state index in [1.54, 1.807) is 0 Å². The Balaban J connectivity index is 2.60. The highest BCUT2D eigenvalue weighted by Crippen LogP contribution is 2.22. The molecule has 0 amide bonds. The molecule has 0 aliphatic carbocycles. The molecule has 0 aliphatic heterocycles. The highest BCUT2D eigenvalue weighted by atomic mass is 32.2. The van der Waals surface area contributed by atoms with Crippen LogP contribution in [0.4, 0.5) is 5.69 Å². The lowest BCUT2D eigenvalue weighted by molar-refractivity contribution is 0.599. The fourth-order valence-corrected chi connectivity index (χ4v) is 2.65. The Hall–Kier alpha value is -1.49. The SMILES string of the molecule is Cn1c(CS(C)(=O)=O)cc2cc(N)ccc21. The molecule has 2 aromatic rings. The first-order valence-corrected chi connectivity index (χ1v) is 6.94. The van der Waals surface area contributed by atoms with Gasteiger partial charge in [-0.3, -0.25) is 0 Å². The van der Waals surface area contributed by atoms with Crippen LogP contribution in [0, 0.1) is 0 Å². The molecule has 0 saturated heterocycles. The van der Waals surface area contributed by atoms with Gasteiger partial charge in [-0.25, -0.2) is 8.42 Å². The molecular weight excluding hydrogens is 224 g/mol. The van der Waals surface area contributed by atoms with E-state index >= 15 is 0 Å². The van der Waals surface area contributed by atoms with Gasteiger partial charge in [0, 0.05) is 35.6 Å². The number of nitrogen functional groups attached to an aromatic ring is 1. The largest absolute Gasteiger partial charge is 0.399 e. The number of anilines is 1. The van der Waals surface area contributed by atoms with Crippen molar-refractivity contribution in [3.8, 4) is 0 Å². The van der Waals surface area contributed by atoms with E-state index in [1.165, 1.54) is 6.26 Å². The first-order valence-electron chi connectivity index (χ1n) is 4.88. The van der Waals surface area contributed by atoms with Crippen LogP contribution in [-0.2, 0) is 22.6 Å². The molecule has 16 heavy (non-hydrogen) atoms. The number of sulfone groups is 1. The Bertz CT molecular complexity index is 641. The Morgan fingerprint density at radius 3 is 2.62 bits per heavy atom. The molecule has 0 unspecified atom stereocenters. The van der Waals surface area contributed by atoms with Crippen LogP contribution in [-0.4, -0.2) is 19.2 Å². The maximum Gasteiger partial charge on any atom is 0.153 e. The van der Waals surface area contributed by atoms with Gasteiger partial charge in [-0.2, -0.15) is 0 Å². The summed E-state index contributed by atoms with van der Waals surface area (Å²) in [4.78, 5) is 0. The van der Waals surface area contributed by atoms with Gasteiger partial charge in [0.25, 0.3) is 0 Å². The van der Waals surface area contributed by atoms with Crippen LogP contribution < -0.4 is 5.73 Å². The summed E-state index contributed by atoms with van der Waals surface area (Å²) in [6.07, 6.45) is 1.24. The van der Waals surface area contributed by atoms with Gasteiger partial charge in [-0.1, -0.05) is 0 Å². The van der Waals surface area contributed by atoms with E-state index in [9.17, 15) is 8.42 Å². The van der Waals surface area contributed by atoms with E-state index in [4.69, 9.17) is 5.73 Å². The summed E-state index contributed by atoms with van der Waals surface area (Å²) in [5.74, 6) is 0.0537. The standard InChI is InChI=1S/C11H14N2O2S/c1-13-10(7-16(2,14)15)6-8-5-9(12)3-4-11(8)13/h3-6H,7,12H2,1-2H3. The quantitative estimate of drug-likeness (QED) is 0.802. The van der Waals surface area contributed by atoms with Gasteiger partial charge in [0.2, 0.25) is 0 Å². The summed E-state index contributed by atoms with van der Waals surface area (Å²) in [5.41, 5.74) is 8.14. The molecule has 0 fully saturated rings. The Morgan fingerprint density at radius 1 is 1.31 bits per heavy atom. The Kier molecular flexibility index (Phi) is 2.42. The lowest BCUT2D eigenvalue weighted by Crippen LogP contribution is -2.05. The smallest absolute Gasteiger partial charge is 0.153 e. The zero-order valence-electron chi connectivity index (χ0n) is 9.27. The van der Waals surface area contributed by atoms with Crippen LogP contribution in [0.5, 0.6) is 0 Å². The number of nitrogens with zero attached hydrogens (tertiary/aromatic N) is 1. The third-order valence-electron chi connectivity index (χ3n) is 2.58. The highest BCUT2D eigenvalue weighted by molar-refractivity contribution is 7.89.